The molecule has 5 aromatic heterocycles. The Labute approximate surface area is 233 Å². The predicted molar refractivity (Wildman–Crippen MR) is 138 cm³/mol. The summed E-state index contributed by atoms with van der Waals surface area (Å²) in [4.78, 5) is 30.6. The lowest BCUT2D eigenvalue weighted by molar-refractivity contribution is -0.140. The van der Waals surface area contributed by atoms with E-state index >= 15 is 4.39 Å². The van der Waals surface area contributed by atoms with Crippen molar-refractivity contribution in [1.29, 1.82) is 0 Å². The van der Waals surface area contributed by atoms with Crippen molar-refractivity contribution in [3.63, 3.8) is 0 Å². The van der Waals surface area contributed by atoms with Gasteiger partial charge in [0.15, 0.2) is 33.5 Å². The molecular formula is C26H20F4N8O2S. The Morgan fingerprint density at radius 3 is 2.56 bits per heavy atom. The van der Waals surface area contributed by atoms with E-state index in [4.69, 9.17) is 9.47 Å². The molecule has 5 heterocycles. The number of alkyl halides is 3. The average Bonchev–Trinajstić information content (AvgIpc) is 3.89. The summed E-state index contributed by atoms with van der Waals surface area (Å²) in [6.45, 7) is -0.129. The van der Waals surface area contributed by atoms with Crippen molar-refractivity contribution in [3.8, 4) is 34.7 Å². The molecule has 0 spiro atoms. The largest absolute Gasteiger partial charge is 0.480 e. The smallest absolute Gasteiger partial charge is 0.434 e. The van der Waals surface area contributed by atoms with E-state index in [1.807, 2.05) is 0 Å². The molecule has 0 radical (unpaired) electrons. The van der Waals surface area contributed by atoms with Gasteiger partial charge in [0.1, 0.15) is 24.2 Å². The number of hydrogen-bond acceptors (Lipinski definition) is 10. The summed E-state index contributed by atoms with van der Waals surface area (Å²) in [6, 6.07) is 1.01. The van der Waals surface area contributed by atoms with Gasteiger partial charge in [-0.2, -0.15) is 18.2 Å². The van der Waals surface area contributed by atoms with Gasteiger partial charge < -0.3 is 14.0 Å². The number of methoxy groups -OCH3 is 1. The van der Waals surface area contributed by atoms with Gasteiger partial charge in [0.25, 0.3) is 0 Å². The highest BCUT2D eigenvalue weighted by atomic mass is 32.1. The van der Waals surface area contributed by atoms with Gasteiger partial charge in [0, 0.05) is 29.9 Å². The normalized spacial score (nSPS) is 15.4. The molecule has 2 fully saturated rings. The highest BCUT2D eigenvalue weighted by molar-refractivity contribution is 7.16. The number of halogens is 4. The summed E-state index contributed by atoms with van der Waals surface area (Å²) in [5, 5.41) is 0. The van der Waals surface area contributed by atoms with Gasteiger partial charge in [-0.25, -0.2) is 34.3 Å². The summed E-state index contributed by atoms with van der Waals surface area (Å²) >= 11 is 1.30. The zero-order valence-corrected chi connectivity index (χ0v) is 22.2. The number of fused-ring (bicyclic) bond motifs is 1. The van der Waals surface area contributed by atoms with Crippen LogP contribution in [0.4, 0.5) is 17.6 Å². The van der Waals surface area contributed by atoms with Gasteiger partial charge in [0.05, 0.1) is 18.3 Å². The zero-order chi connectivity index (χ0) is 28.3. The third-order valence-corrected chi connectivity index (χ3v) is 7.56. The quantitative estimate of drug-likeness (QED) is 0.210. The van der Waals surface area contributed by atoms with Crippen molar-refractivity contribution in [3.05, 3.63) is 53.1 Å². The van der Waals surface area contributed by atoms with Crippen molar-refractivity contribution < 1.29 is 27.0 Å². The number of rotatable bonds is 8. The maximum absolute atomic E-state index is 15.2. The van der Waals surface area contributed by atoms with Crippen LogP contribution in [0.3, 0.4) is 0 Å². The molecule has 0 N–H and O–H groups in total. The van der Waals surface area contributed by atoms with Crippen molar-refractivity contribution in [1.82, 2.24) is 39.5 Å². The fourth-order valence-electron chi connectivity index (χ4n) is 4.57. The molecule has 5 aromatic rings. The first kappa shape index (κ1) is 25.7. The third-order valence-electron chi connectivity index (χ3n) is 6.84. The molecule has 2 saturated carbocycles. The maximum Gasteiger partial charge on any atom is 0.434 e. The molecule has 0 bridgehead atoms. The first-order chi connectivity index (χ1) is 19.8. The number of ether oxygens (including phenoxy) is 2. The summed E-state index contributed by atoms with van der Waals surface area (Å²) in [5.41, 5.74) is 2.43. The molecule has 2 aliphatic carbocycles. The number of hydrogen-bond donors (Lipinski definition) is 0. The molecule has 10 nitrogen and oxygen atoms in total. The van der Waals surface area contributed by atoms with Gasteiger partial charge in [-0.15, -0.1) is 11.3 Å². The SMILES string of the molecule is COc1ncnc(C2CC2)c1-c1nc(OCc2cnc(-c3nc(C(F)(F)F)cn3C3CC3)c(F)c2)c2ncsc2n1. The van der Waals surface area contributed by atoms with Crippen LogP contribution in [-0.2, 0) is 12.8 Å². The number of aromatic nitrogens is 8. The maximum atomic E-state index is 15.2. The van der Waals surface area contributed by atoms with Crippen LogP contribution in [0.25, 0.3) is 33.3 Å². The predicted octanol–water partition coefficient (Wildman–Crippen LogP) is 5.76. The fraction of sp³-hybridized carbons (Fsp3) is 0.346. The Balaban J connectivity index is 1.19. The second-order valence-electron chi connectivity index (χ2n) is 9.82. The Hall–Kier alpha value is -4.27. The fourth-order valence-corrected chi connectivity index (χ4v) is 5.22. The van der Waals surface area contributed by atoms with Crippen molar-refractivity contribution in [2.75, 3.05) is 7.11 Å². The van der Waals surface area contributed by atoms with E-state index in [0.29, 0.717) is 46.0 Å². The van der Waals surface area contributed by atoms with Crippen LogP contribution in [0.5, 0.6) is 11.8 Å². The minimum absolute atomic E-state index is 0.129. The second kappa shape index (κ2) is 9.68. The van der Waals surface area contributed by atoms with Crippen LogP contribution in [0.15, 0.2) is 30.3 Å². The summed E-state index contributed by atoms with van der Waals surface area (Å²) in [6.07, 6.45) is 2.44. The van der Waals surface area contributed by atoms with Gasteiger partial charge >= 0.3 is 6.18 Å². The van der Waals surface area contributed by atoms with E-state index in [-0.39, 0.29) is 36.0 Å². The monoisotopic (exact) mass is 584 g/mol. The first-order valence-electron chi connectivity index (χ1n) is 12.7. The Kier molecular flexibility index (Phi) is 6.06. The van der Waals surface area contributed by atoms with E-state index in [1.54, 1.807) is 5.51 Å². The van der Waals surface area contributed by atoms with Gasteiger partial charge in [-0.1, -0.05) is 0 Å². The second-order valence-corrected chi connectivity index (χ2v) is 10.7. The topological polar surface area (TPSA) is 114 Å². The number of nitrogens with zero attached hydrogens (tertiary/aromatic N) is 8. The first-order valence-corrected chi connectivity index (χ1v) is 13.6. The number of imidazole rings is 1. The van der Waals surface area contributed by atoms with Crippen LogP contribution in [0, 0.1) is 5.82 Å². The summed E-state index contributed by atoms with van der Waals surface area (Å²) < 4.78 is 67.9. The van der Waals surface area contributed by atoms with Crippen LogP contribution < -0.4 is 9.47 Å². The highest BCUT2D eigenvalue weighted by Crippen LogP contribution is 2.45. The van der Waals surface area contributed by atoms with Gasteiger partial charge in [0.2, 0.25) is 11.8 Å². The molecule has 7 rings (SSSR count). The number of pyridine rings is 1. The van der Waals surface area contributed by atoms with E-state index in [0.717, 1.165) is 24.7 Å². The summed E-state index contributed by atoms with van der Waals surface area (Å²) in [5.74, 6) is 0.138. The molecular weight excluding hydrogens is 564 g/mol. The molecule has 0 atom stereocenters. The standard InChI is InChI=1S/C26H20F4N8O2S/c1-39-23-17(18(13-2-3-13)32-10-33-23)21-36-24(20-25(37-21)41-11-34-20)40-9-12-6-15(27)19(31-7-12)22-35-16(26(28,29)30)8-38(22)14-4-5-14/h6-8,10-11,13-14H,2-5,9H2,1H3. The van der Waals surface area contributed by atoms with Crippen molar-refractivity contribution in [2.24, 2.45) is 0 Å². The molecule has 0 aromatic carbocycles. The minimum atomic E-state index is -4.65. The molecule has 210 valence electrons. The van der Waals surface area contributed by atoms with Gasteiger partial charge in [-0.3, -0.25) is 0 Å². The van der Waals surface area contributed by atoms with Crippen LogP contribution in [0.1, 0.15) is 54.6 Å². The molecule has 2 aliphatic rings. The van der Waals surface area contributed by atoms with E-state index in [1.165, 1.54) is 41.6 Å². The van der Waals surface area contributed by atoms with Crippen LogP contribution >= 0.6 is 11.3 Å². The van der Waals surface area contributed by atoms with E-state index in [9.17, 15) is 13.2 Å². The molecule has 41 heavy (non-hydrogen) atoms. The Bertz CT molecular complexity index is 1780. The summed E-state index contributed by atoms with van der Waals surface area (Å²) in [7, 11) is 1.51. The molecule has 15 heteroatoms. The zero-order valence-electron chi connectivity index (χ0n) is 21.4. The highest BCUT2D eigenvalue weighted by Gasteiger charge is 2.38. The van der Waals surface area contributed by atoms with Gasteiger partial charge in [-0.05, 0) is 31.7 Å². The Morgan fingerprint density at radius 1 is 1.02 bits per heavy atom. The third kappa shape index (κ3) is 4.83. The van der Waals surface area contributed by atoms with Crippen molar-refractivity contribution >= 4 is 21.7 Å². The molecule has 0 aliphatic heterocycles. The lowest BCUT2D eigenvalue weighted by Gasteiger charge is -2.12. The van der Waals surface area contributed by atoms with E-state index < -0.39 is 17.7 Å². The molecule has 0 unspecified atom stereocenters. The lowest BCUT2D eigenvalue weighted by Crippen LogP contribution is -2.06. The van der Waals surface area contributed by atoms with Crippen LogP contribution in [0.2, 0.25) is 0 Å². The minimum Gasteiger partial charge on any atom is -0.480 e. The van der Waals surface area contributed by atoms with Crippen molar-refractivity contribution in [2.45, 2.75) is 50.4 Å². The molecule has 0 amide bonds. The van der Waals surface area contributed by atoms with E-state index in [2.05, 4.69) is 34.9 Å². The molecule has 0 saturated heterocycles. The van der Waals surface area contributed by atoms with Crippen LogP contribution in [-0.4, -0.2) is 46.6 Å². The lowest BCUT2D eigenvalue weighted by atomic mass is 10.1. The Morgan fingerprint density at radius 2 is 1.85 bits per heavy atom. The number of thiazole rings is 1. The average molecular weight is 585 g/mol.